The number of carbonyl (C=O) groups is 1. The van der Waals surface area contributed by atoms with Gasteiger partial charge < -0.3 is 15.0 Å². The summed E-state index contributed by atoms with van der Waals surface area (Å²) in [5.41, 5.74) is 0.847. The Balaban J connectivity index is 1.73. The second-order valence-electron chi connectivity index (χ2n) is 7.76. The average Bonchev–Trinajstić information content (AvgIpc) is 3.10. The molecule has 1 saturated carbocycles. The van der Waals surface area contributed by atoms with Crippen LogP contribution in [0.25, 0.3) is 0 Å². The minimum Gasteiger partial charge on any atom is -0.480 e. The van der Waals surface area contributed by atoms with Gasteiger partial charge >= 0.3 is 5.97 Å². The smallest absolute Gasteiger partial charge is 0.318 e. The van der Waals surface area contributed by atoms with Crippen LogP contribution >= 0.6 is 0 Å². The molecule has 1 aromatic heterocycles. The summed E-state index contributed by atoms with van der Waals surface area (Å²) < 4.78 is 27.1. The lowest BCUT2D eigenvalue weighted by Gasteiger charge is -2.34. The molecule has 2 N–H and O–H groups in total. The molecule has 1 aliphatic heterocycles. The molecule has 0 atom stereocenters. The number of carbonyl (C=O) groups excluding carboxylic acids is 1. The molecule has 29 heavy (non-hydrogen) atoms. The number of nitrogens with one attached hydrogen (secondary N) is 1. The Bertz CT molecular complexity index is 878. The summed E-state index contributed by atoms with van der Waals surface area (Å²) in [6.07, 6.45) is 8.99. The zero-order chi connectivity index (χ0) is 21.0. The standard InChI is InChI=1S/C18H27N5O5S/c1-29(27,28)23(11-17(25)26)15-4-2-13(3-5-15)16-10-22(18(21-16)20-12-24)14-6-8-19-9-7-14/h10,13-15,19H,2-9,11H2,1H3,(H,25,26). The van der Waals surface area contributed by atoms with E-state index < -0.39 is 22.5 Å². The van der Waals surface area contributed by atoms with Crippen LogP contribution in [0, 0.1) is 0 Å². The van der Waals surface area contributed by atoms with Crippen LogP contribution < -0.4 is 5.32 Å². The lowest BCUT2D eigenvalue weighted by atomic mass is 9.84. The van der Waals surface area contributed by atoms with E-state index in [0.717, 1.165) is 42.2 Å². The van der Waals surface area contributed by atoms with Gasteiger partial charge in [0.05, 0.1) is 11.9 Å². The summed E-state index contributed by atoms with van der Waals surface area (Å²) in [7, 11) is -3.60. The van der Waals surface area contributed by atoms with E-state index >= 15 is 0 Å². The molecule has 1 saturated heterocycles. The van der Waals surface area contributed by atoms with Crippen molar-refractivity contribution in [3.63, 3.8) is 0 Å². The maximum absolute atomic E-state index is 12.0. The molecule has 160 valence electrons. The molecule has 1 aromatic rings. The van der Waals surface area contributed by atoms with Gasteiger partial charge in [-0.1, -0.05) is 0 Å². The highest BCUT2D eigenvalue weighted by molar-refractivity contribution is 7.88. The number of aliphatic carboxylic acids is 1. The second kappa shape index (κ2) is 9.17. The van der Waals surface area contributed by atoms with Crippen LogP contribution in [0.3, 0.4) is 0 Å². The van der Waals surface area contributed by atoms with Crippen LogP contribution in [0.2, 0.25) is 0 Å². The first-order valence-electron chi connectivity index (χ1n) is 9.85. The predicted octanol–water partition coefficient (Wildman–Crippen LogP) is 1.15. The molecular formula is C18H27N5O5S. The fourth-order valence-corrected chi connectivity index (χ4v) is 5.48. The SMILES string of the molecule is CS(=O)(=O)N(CC(=O)O)C1CCC(c2cn(C3CCNCC3)c(N=C=O)n2)CC1. The first kappa shape index (κ1) is 21.6. The molecule has 0 bridgehead atoms. The summed E-state index contributed by atoms with van der Waals surface area (Å²) in [5.74, 6) is -0.664. The van der Waals surface area contributed by atoms with Gasteiger partial charge in [-0.2, -0.15) is 4.31 Å². The van der Waals surface area contributed by atoms with E-state index in [2.05, 4.69) is 15.3 Å². The third-order valence-corrected chi connectivity index (χ3v) is 7.10. The highest BCUT2D eigenvalue weighted by Crippen LogP contribution is 2.37. The van der Waals surface area contributed by atoms with Crippen LogP contribution in [-0.2, 0) is 19.6 Å². The Labute approximate surface area is 170 Å². The van der Waals surface area contributed by atoms with Gasteiger partial charge in [0.2, 0.25) is 22.1 Å². The van der Waals surface area contributed by atoms with Crippen molar-refractivity contribution in [1.82, 2.24) is 19.2 Å². The number of hydrogen-bond donors (Lipinski definition) is 2. The Morgan fingerprint density at radius 1 is 1.31 bits per heavy atom. The second-order valence-corrected chi connectivity index (χ2v) is 9.70. The maximum atomic E-state index is 12.0. The van der Waals surface area contributed by atoms with Gasteiger partial charge in [0.15, 0.2) is 0 Å². The number of rotatable bonds is 7. The molecule has 2 fully saturated rings. The first-order chi connectivity index (χ1) is 13.8. The number of isocyanates is 1. The number of nitrogens with zero attached hydrogens (tertiary/aromatic N) is 4. The largest absolute Gasteiger partial charge is 0.480 e. The van der Waals surface area contributed by atoms with E-state index in [1.54, 1.807) is 6.08 Å². The summed E-state index contributed by atoms with van der Waals surface area (Å²) in [6.45, 7) is 1.29. The van der Waals surface area contributed by atoms with Crippen molar-refractivity contribution in [2.75, 3.05) is 25.9 Å². The van der Waals surface area contributed by atoms with Gasteiger partial charge in [0.1, 0.15) is 6.54 Å². The van der Waals surface area contributed by atoms with Crippen molar-refractivity contribution in [1.29, 1.82) is 0 Å². The summed E-state index contributed by atoms with van der Waals surface area (Å²) in [6, 6.07) is -0.0893. The van der Waals surface area contributed by atoms with Gasteiger partial charge in [0, 0.05) is 24.2 Å². The monoisotopic (exact) mass is 425 g/mol. The van der Waals surface area contributed by atoms with Gasteiger partial charge in [-0.05, 0) is 51.6 Å². The number of carboxylic acid groups (broad SMARTS) is 1. The van der Waals surface area contributed by atoms with Crippen LogP contribution in [0.4, 0.5) is 5.95 Å². The van der Waals surface area contributed by atoms with Crippen molar-refractivity contribution in [3.05, 3.63) is 11.9 Å². The number of piperidine rings is 1. The quantitative estimate of drug-likeness (QED) is 0.494. The average molecular weight is 426 g/mol. The van der Waals surface area contributed by atoms with Crippen molar-refractivity contribution in [3.8, 4) is 0 Å². The zero-order valence-corrected chi connectivity index (χ0v) is 17.3. The molecule has 10 nitrogen and oxygen atoms in total. The van der Waals surface area contributed by atoms with E-state index in [1.165, 1.54) is 0 Å². The van der Waals surface area contributed by atoms with Gasteiger partial charge in [-0.25, -0.2) is 18.2 Å². The highest BCUT2D eigenvalue weighted by Gasteiger charge is 2.34. The summed E-state index contributed by atoms with van der Waals surface area (Å²) in [5, 5.41) is 12.4. The van der Waals surface area contributed by atoms with Crippen molar-refractivity contribution < 1.29 is 23.1 Å². The van der Waals surface area contributed by atoms with E-state index in [4.69, 9.17) is 5.11 Å². The number of aromatic nitrogens is 2. The number of sulfonamides is 1. The van der Waals surface area contributed by atoms with Gasteiger partial charge in [-0.3, -0.25) is 4.79 Å². The maximum Gasteiger partial charge on any atom is 0.318 e. The normalized spacial score (nSPS) is 23.7. The third-order valence-electron chi connectivity index (χ3n) is 5.82. The minimum atomic E-state index is -3.60. The minimum absolute atomic E-state index is 0.126. The Morgan fingerprint density at radius 3 is 2.52 bits per heavy atom. The molecule has 0 unspecified atom stereocenters. The van der Waals surface area contributed by atoms with Crippen molar-refractivity contribution in [2.45, 2.75) is 56.5 Å². The van der Waals surface area contributed by atoms with E-state index in [1.807, 2.05) is 10.8 Å². The predicted molar refractivity (Wildman–Crippen MR) is 105 cm³/mol. The number of hydrogen-bond acceptors (Lipinski definition) is 7. The molecule has 0 aromatic carbocycles. The van der Waals surface area contributed by atoms with Crippen molar-refractivity contribution in [2.24, 2.45) is 4.99 Å². The molecule has 3 rings (SSSR count). The molecule has 0 radical (unpaired) electrons. The topological polar surface area (TPSA) is 134 Å². The number of aliphatic imine (C=N–C) groups is 1. The molecule has 2 heterocycles. The summed E-state index contributed by atoms with van der Waals surface area (Å²) in [4.78, 5) is 30.2. The third kappa shape index (κ3) is 5.30. The molecule has 11 heteroatoms. The van der Waals surface area contributed by atoms with E-state index in [9.17, 15) is 18.0 Å². The van der Waals surface area contributed by atoms with Crippen LogP contribution in [-0.4, -0.2) is 71.4 Å². The molecule has 2 aliphatic rings. The van der Waals surface area contributed by atoms with Crippen LogP contribution in [0.5, 0.6) is 0 Å². The fourth-order valence-electron chi connectivity index (χ4n) is 4.39. The lowest BCUT2D eigenvalue weighted by Crippen LogP contribution is -2.44. The van der Waals surface area contributed by atoms with Gasteiger partial charge in [0.25, 0.3) is 0 Å². The zero-order valence-electron chi connectivity index (χ0n) is 16.5. The lowest BCUT2D eigenvalue weighted by molar-refractivity contribution is -0.137. The summed E-state index contributed by atoms with van der Waals surface area (Å²) >= 11 is 0. The van der Waals surface area contributed by atoms with E-state index in [-0.39, 0.29) is 18.0 Å². The Kier molecular flexibility index (Phi) is 6.84. The molecular weight excluding hydrogens is 398 g/mol. The molecule has 0 spiro atoms. The van der Waals surface area contributed by atoms with Gasteiger partial charge in [-0.15, -0.1) is 4.99 Å². The van der Waals surface area contributed by atoms with E-state index in [0.29, 0.717) is 31.6 Å². The number of carboxylic acids is 1. The van der Waals surface area contributed by atoms with Crippen molar-refractivity contribution >= 4 is 28.0 Å². The van der Waals surface area contributed by atoms with Crippen LogP contribution in [0.15, 0.2) is 11.2 Å². The van der Waals surface area contributed by atoms with Crippen LogP contribution in [0.1, 0.15) is 56.2 Å². The highest BCUT2D eigenvalue weighted by atomic mass is 32.2. The molecule has 1 aliphatic carbocycles. The molecule has 0 amide bonds. The Morgan fingerprint density at radius 2 is 1.97 bits per heavy atom. The Hall–Kier alpha value is -2.07. The fraction of sp³-hybridized carbons (Fsp3) is 0.722. The first-order valence-corrected chi connectivity index (χ1v) is 11.7. The number of imidazole rings is 1.